The van der Waals surface area contributed by atoms with Gasteiger partial charge in [0.05, 0.1) is 0 Å². The Kier molecular flexibility index (Phi) is 4.27. The van der Waals surface area contributed by atoms with Crippen LogP contribution in [0.1, 0.15) is 53.5 Å². The third-order valence-corrected chi connectivity index (χ3v) is 6.71. The lowest BCUT2D eigenvalue weighted by molar-refractivity contribution is -0.0513. The summed E-state index contributed by atoms with van der Waals surface area (Å²) in [4.78, 5) is 17.7. The first kappa shape index (κ1) is 17.0. The Morgan fingerprint density at radius 1 is 1.15 bits per heavy atom. The van der Waals surface area contributed by atoms with Crippen LogP contribution in [0.4, 0.5) is 0 Å². The van der Waals surface area contributed by atoms with Gasteiger partial charge >= 0.3 is 0 Å². The predicted octanol–water partition coefficient (Wildman–Crippen LogP) is 3.67. The van der Waals surface area contributed by atoms with Crippen LogP contribution in [0, 0.1) is 18.8 Å². The summed E-state index contributed by atoms with van der Waals surface area (Å²) in [5, 5.41) is 3.94. The van der Waals surface area contributed by atoms with Crippen LogP contribution < -0.4 is 0 Å². The van der Waals surface area contributed by atoms with Gasteiger partial charge in [0.15, 0.2) is 5.69 Å². The maximum absolute atomic E-state index is 12.9. The molecule has 3 saturated heterocycles. The first-order valence-corrected chi connectivity index (χ1v) is 10.2. The Morgan fingerprint density at radius 3 is 2.78 bits per heavy atom. The molecule has 1 aromatic heterocycles. The van der Waals surface area contributed by atoms with E-state index in [1.54, 1.807) is 6.07 Å². The summed E-state index contributed by atoms with van der Waals surface area (Å²) >= 11 is 0. The summed E-state index contributed by atoms with van der Waals surface area (Å²) in [6.45, 7) is 4.62. The van der Waals surface area contributed by atoms with Gasteiger partial charge in [0, 0.05) is 37.8 Å². The van der Waals surface area contributed by atoms with Crippen LogP contribution in [0.5, 0.6) is 0 Å². The highest BCUT2D eigenvalue weighted by atomic mass is 16.5. The van der Waals surface area contributed by atoms with Crippen LogP contribution in [0.25, 0.3) is 0 Å². The Balaban J connectivity index is 1.36. The number of benzene rings is 1. The summed E-state index contributed by atoms with van der Waals surface area (Å²) in [6.07, 6.45) is 5.04. The summed E-state index contributed by atoms with van der Waals surface area (Å²) < 4.78 is 5.11. The Morgan fingerprint density at radius 2 is 2.00 bits per heavy atom. The lowest BCUT2D eigenvalue weighted by Crippen LogP contribution is -2.60. The van der Waals surface area contributed by atoms with Gasteiger partial charge in [0.25, 0.3) is 5.91 Å². The van der Waals surface area contributed by atoms with E-state index in [2.05, 4.69) is 40.4 Å². The highest BCUT2D eigenvalue weighted by Crippen LogP contribution is 2.44. The molecule has 0 N–H and O–H groups in total. The number of rotatable bonds is 2. The van der Waals surface area contributed by atoms with Crippen LogP contribution in [0.3, 0.4) is 0 Å². The third kappa shape index (κ3) is 3.08. The van der Waals surface area contributed by atoms with Crippen molar-refractivity contribution in [3.8, 4) is 0 Å². The SMILES string of the molecule is Cc1cc(C(=O)N2C[C@@H]3C[C@H](C2)[C@@H]2CCC[C@H](c4ccccc4)N2C3)no1. The summed E-state index contributed by atoms with van der Waals surface area (Å²) in [5.74, 6) is 1.85. The smallest absolute Gasteiger partial charge is 0.276 e. The van der Waals surface area contributed by atoms with Gasteiger partial charge in [-0.3, -0.25) is 9.69 Å². The van der Waals surface area contributed by atoms with E-state index in [0.717, 1.165) is 19.6 Å². The monoisotopic (exact) mass is 365 g/mol. The molecule has 0 spiro atoms. The van der Waals surface area contributed by atoms with Crippen LogP contribution in [-0.4, -0.2) is 46.5 Å². The molecule has 2 bridgehead atoms. The molecule has 0 aliphatic carbocycles. The van der Waals surface area contributed by atoms with E-state index in [-0.39, 0.29) is 5.91 Å². The molecular weight excluding hydrogens is 338 g/mol. The van der Waals surface area contributed by atoms with Crippen molar-refractivity contribution in [1.82, 2.24) is 15.0 Å². The van der Waals surface area contributed by atoms with Gasteiger partial charge in [0.2, 0.25) is 0 Å². The predicted molar refractivity (Wildman–Crippen MR) is 102 cm³/mol. The number of nitrogens with zero attached hydrogens (tertiary/aromatic N) is 3. The van der Waals surface area contributed by atoms with Crippen molar-refractivity contribution in [2.75, 3.05) is 19.6 Å². The zero-order valence-electron chi connectivity index (χ0n) is 15.9. The van der Waals surface area contributed by atoms with Crippen LogP contribution >= 0.6 is 0 Å². The number of amides is 1. The number of likely N-dealkylation sites (tertiary alicyclic amines) is 1. The van der Waals surface area contributed by atoms with E-state index in [1.165, 1.54) is 31.2 Å². The van der Waals surface area contributed by atoms with Gasteiger partial charge in [-0.05, 0) is 50.0 Å². The molecule has 2 aromatic rings. The molecule has 142 valence electrons. The molecule has 0 saturated carbocycles. The van der Waals surface area contributed by atoms with Crippen LogP contribution in [-0.2, 0) is 0 Å². The average molecular weight is 365 g/mol. The van der Waals surface area contributed by atoms with E-state index in [1.807, 2.05) is 11.8 Å². The van der Waals surface area contributed by atoms with E-state index < -0.39 is 0 Å². The lowest BCUT2D eigenvalue weighted by atomic mass is 9.74. The first-order chi connectivity index (χ1) is 13.2. The van der Waals surface area contributed by atoms with Crippen molar-refractivity contribution >= 4 is 5.91 Å². The average Bonchev–Trinajstić information content (AvgIpc) is 3.14. The number of carbonyl (C=O) groups is 1. The lowest BCUT2D eigenvalue weighted by Gasteiger charge is -2.55. The Hall–Kier alpha value is -2.14. The van der Waals surface area contributed by atoms with Gasteiger partial charge in [0.1, 0.15) is 5.76 Å². The molecule has 4 atom stereocenters. The van der Waals surface area contributed by atoms with E-state index in [0.29, 0.717) is 35.4 Å². The maximum Gasteiger partial charge on any atom is 0.276 e. The van der Waals surface area contributed by atoms with E-state index in [9.17, 15) is 4.79 Å². The van der Waals surface area contributed by atoms with Crippen LogP contribution in [0.2, 0.25) is 0 Å². The van der Waals surface area contributed by atoms with Gasteiger partial charge < -0.3 is 9.42 Å². The molecular formula is C22H27N3O2. The molecule has 0 radical (unpaired) electrons. The molecule has 3 fully saturated rings. The zero-order chi connectivity index (χ0) is 18.4. The molecule has 3 aliphatic rings. The standard InChI is InChI=1S/C22H27N3O2/c1-15-10-19(23-27-15)22(26)24-12-16-11-18(14-24)21-9-5-8-20(25(21)13-16)17-6-3-2-4-7-17/h2-4,6-7,10,16,18,20-21H,5,8-9,11-14H2,1H3/t16-,18+,20+,21-/m0/s1. The van der Waals surface area contributed by atoms with Crippen molar-refractivity contribution in [3.63, 3.8) is 0 Å². The van der Waals surface area contributed by atoms with Crippen molar-refractivity contribution in [1.29, 1.82) is 0 Å². The minimum absolute atomic E-state index is 0.0328. The fourth-order valence-electron chi connectivity index (χ4n) is 5.64. The summed E-state index contributed by atoms with van der Waals surface area (Å²) in [5.41, 5.74) is 1.91. The van der Waals surface area contributed by atoms with E-state index in [4.69, 9.17) is 4.52 Å². The number of piperidine rings is 3. The molecule has 1 aromatic carbocycles. The van der Waals surface area contributed by atoms with Crippen molar-refractivity contribution in [3.05, 3.63) is 53.4 Å². The van der Waals surface area contributed by atoms with Crippen molar-refractivity contribution < 1.29 is 9.32 Å². The van der Waals surface area contributed by atoms with Crippen LogP contribution in [0.15, 0.2) is 40.9 Å². The largest absolute Gasteiger partial charge is 0.361 e. The third-order valence-electron chi connectivity index (χ3n) is 6.71. The number of hydrogen-bond acceptors (Lipinski definition) is 4. The number of carbonyl (C=O) groups excluding carboxylic acids is 1. The fraction of sp³-hybridized carbons (Fsp3) is 0.545. The highest BCUT2D eigenvalue weighted by molar-refractivity contribution is 5.92. The number of aryl methyl sites for hydroxylation is 1. The second kappa shape index (κ2) is 6.79. The Bertz CT molecular complexity index is 818. The van der Waals surface area contributed by atoms with Crippen molar-refractivity contribution in [2.45, 2.75) is 44.7 Å². The molecule has 27 heavy (non-hydrogen) atoms. The number of hydrogen-bond donors (Lipinski definition) is 0. The Labute approximate surface area is 160 Å². The van der Waals surface area contributed by atoms with Crippen molar-refractivity contribution in [2.24, 2.45) is 11.8 Å². The van der Waals surface area contributed by atoms with Gasteiger partial charge in [-0.15, -0.1) is 0 Å². The molecule has 1 amide bonds. The molecule has 5 heteroatoms. The minimum Gasteiger partial charge on any atom is -0.361 e. The van der Waals surface area contributed by atoms with E-state index >= 15 is 0 Å². The van der Waals surface area contributed by atoms with Gasteiger partial charge in [-0.25, -0.2) is 0 Å². The summed E-state index contributed by atoms with van der Waals surface area (Å²) in [6, 6.07) is 13.9. The minimum atomic E-state index is 0.0328. The second-order valence-electron chi connectivity index (χ2n) is 8.52. The first-order valence-electron chi connectivity index (χ1n) is 10.2. The zero-order valence-corrected chi connectivity index (χ0v) is 15.9. The molecule has 4 heterocycles. The molecule has 5 nitrogen and oxygen atoms in total. The summed E-state index contributed by atoms with van der Waals surface area (Å²) in [7, 11) is 0. The normalized spacial score (nSPS) is 30.8. The topological polar surface area (TPSA) is 49.6 Å². The molecule has 5 rings (SSSR count). The molecule has 0 unspecified atom stereocenters. The second-order valence-corrected chi connectivity index (χ2v) is 8.52. The number of aromatic nitrogens is 1. The quantitative estimate of drug-likeness (QED) is 0.815. The number of fused-ring (bicyclic) bond motifs is 4. The fourth-order valence-corrected chi connectivity index (χ4v) is 5.64. The highest BCUT2D eigenvalue weighted by Gasteiger charge is 2.45. The van der Waals surface area contributed by atoms with Gasteiger partial charge in [-0.2, -0.15) is 0 Å². The molecule has 3 aliphatic heterocycles. The maximum atomic E-state index is 12.9. The van der Waals surface area contributed by atoms with Gasteiger partial charge in [-0.1, -0.05) is 35.5 Å².